The number of nitrogens with one attached hydrogen (secondary N) is 2. The van der Waals surface area contributed by atoms with Crippen molar-refractivity contribution in [3.8, 4) is 5.75 Å². The molecule has 0 aliphatic rings. The highest BCUT2D eigenvalue weighted by atomic mass is 19.1. The summed E-state index contributed by atoms with van der Waals surface area (Å²) in [5.74, 6) is 0.543. The summed E-state index contributed by atoms with van der Waals surface area (Å²) in [7, 11) is 1.71. The summed E-state index contributed by atoms with van der Waals surface area (Å²) >= 11 is 0. The molecule has 0 amide bonds. The van der Waals surface area contributed by atoms with Crippen LogP contribution in [0.15, 0.2) is 36.2 Å². The standard InChI is InChI=1S/C10H11FN2O/c1-13-7-10(6-12)14-9-4-2-8(11)3-5-9/h2-7,12-13H,1H3/b10-7+,12-6?. The van der Waals surface area contributed by atoms with Gasteiger partial charge in [0.1, 0.15) is 11.6 Å². The molecular weight excluding hydrogens is 183 g/mol. The van der Waals surface area contributed by atoms with Gasteiger partial charge in [0.05, 0.1) is 6.21 Å². The first-order chi connectivity index (χ1) is 6.76. The summed E-state index contributed by atoms with van der Waals surface area (Å²) in [6.45, 7) is 0. The zero-order valence-electron chi connectivity index (χ0n) is 7.75. The highest BCUT2D eigenvalue weighted by Gasteiger charge is 1.97. The van der Waals surface area contributed by atoms with Gasteiger partial charge < -0.3 is 15.5 Å². The van der Waals surface area contributed by atoms with E-state index in [4.69, 9.17) is 10.1 Å². The molecule has 0 saturated heterocycles. The molecule has 74 valence electrons. The molecule has 1 aromatic carbocycles. The summed E-state index contributed by atoms with van der Waals surface area (Å²) in [5, 5.41) is 9.76. The average Bonchev–Trinajstić information content (AvgIpc) is 2.20. The van der Waals surface area contributed by atoms with Gasteiger partial charge in [0, 0.05) is 13.2 Å². The van der Waals surface area contributed by atoms with Gasteiger partial charge >= 0.3 is 0 Å². The van der Waals surface area contributed by atoms with Crippen LogP contribution in [-0.2, 0) is 0 Å². The Bertz CT molecular complexity index is 332. The van der Waals surface area contributed by atoms with E-state index in [1.54, 1.807) is 7.05 Å². The van der Waals surface area contributed by atoms with Gasteiger partial charge in [-0.05, 0) is 24.3 Å². The molecule has 14 heavy (non-hydrogen) atoms. The third-order valence-corrected chi connectivity index (χ3v) is 1.48. The van der Waals surface area contributed by atoms with Crippen LogP contribution in [0.2, 0.25) is 0 Å². The molecule has 0 aliphatic heterocycles. The lowest BCUT2D eigenvalue weighted by atomic mass is 10.3. The normalized spacial score (nSPS) is 10.9. The number of rotatable bonds is 4. The minimum atomic E-state index is -0.314. The first-order valence-corrected chi connectivity index (χ1v) is 4.07. The first kappa shape index (κ1) is 10.2. The van der Waals surface area contributed by atoms with E-state index in [0.717, 1.165) is 6.21 Å². The number of allylic oxidation sites excluding steroid dienone is 1. The number of halogens is 1. The van der Waals surface area contributed by atoms with Crippen molar-refractivity contribution in [2.24, 2.45) is 0 Å². The summed E-state index contributed by atoms with van der Waals surface area (Å²) < 4.78 is 17.8. The Labute approximate surface area is 81.7 Å². The maximum Gasteiger partial charge on any atom is 0.160 e. The van der Waals surface area contributed by atoms with Crippen molar-refractivity contribution in [2.45, 2.75) is 0 Å². The van der Waals surface area contributed by atoms with Gasteiger partial charge in [0.15, 0.2) is 5.76 Å². The average molecular weight is 194 g/mol. The second-order valence-corrected chi connectivity index (χ2v) is 2.54. The predicted molar refractivity (Wildman–Crippen MR) is 53.0 cm³/mol. The van der Waals surface area contributed by atoms with Gasteiger partial charge in [-0.3, -0.25) is 0 Å². The Kier molecular flexibility index (Phi) is 3.67. The Morgan fingerprint density at radius 1 is 1.43 bits per heavy atom. The van der Waals surface area contributed by atoms with E-state index in [9.17, 15) is 4.39 Å². The van der Waals surface area contributed by atoms with Gasteiger partial charge in [-0.1, -0.05) is 0 Å². The van der Waals surface area contributed by atoms with Crippen molar-refractivity contribution >= 4 is 6.21 Å². The molecule has 3 nitrogen and oxygen atoms in total. The lowest BCUT2D eigenvalue weighted by Crippen LogP contribution is -2.03. The van der Waals surface area contributed by atoms with Crippen LogP contribution in [0.3, 0.4) is 0 Å². The van der Waals surface area contributed by atoms with E-state index in [2.05, 4.69) is 5.32 Å². The minimum absolute atomic E-state index is 0.314. The smallest absolute Gasteiger partial charge is 0.160 e. The molecule has 0 aromatic heterocycles. The summed E-state index contributed by atoms with van der Waals surface area (Å²) in [4.78, 5) is 0. The van der Waals surface area contributed by atoms with Crippen LogP contribution < -0.4 is 10.1 Å². The number of hydrogen-bond acceptors (Lipinski definition) is 3. The fourth-order valence-electron chi connectivity index (χ4n) is 0.882. The molecule has 0 heterocycles. The molecule has 0 radical (unpaired) electrons. The third-order valence-electron chi connectivity index (χ3n) is 1.48. The fraction of sp³-hybridized carbons (Fsp3) is 0.100. The van der Waals surface area contributed by atoms with E-state index in [-0.39, 0.29) is 5.82 Å². The Morgan fingerprint density at radius 3 is 2.57 bits per heavy atom. The summed E-state index contributed by atoms with van der Waals surface area (Å²) in [6.07, 6.45) is 2.61. The number of ether oxygens (including phenoxy) is 1. The molecule has 4 heteroatoms. The van der Waals surface area contributed by atoms with Gasteiger partial charge in [-0.2, -0.15) is 0 Å². The van der Waals surface area contributed by atoms with Crippen LogP contribution in [0.25, 0.3) is 0 Å². The first-order valence-electron chi connectivity index (χ1n) is 4.07. The maximum atomic E-state index is 12.5. The fourth-order valence-corrected chi connectivity index (χ4v) is 0.882. The molecule has 2 N–H and O–H groups in total. The van der Waals surface area contributed by atoms with Gasteiger partial charge in [0.25, 0.3) is 0 Å². The molecule has 0 aliphatic carbocycles. The van der Waals surface area contributed by atoms with Crippen LogP contribution in [0.4, 0.5) is 4.39 Å². The van der Waals surface area contributed by atoms with Crippen LogP contribution in [0.5, 0.6) is 5.75 Å². The van der Waals surface area contributed by atoms with Crippen molar-refractivity contribution in [3.63, 3.8) is 0 Å². The molecule has 0 atom stereocenters. The van der Waals surface area contributed by atoms with Gasteiger partial charge in [0.2, 0.25) is 0 Å². The van der Waals surface area contributed by atoms with E-state index in [1.807, 2.05) is 0 Å². The number of hydrogen-bond donors (Lipinski definition) is 2. The molecule has 0 unspecified atom stereocenters. The monoisotopic (exact) mass is 194 g/mol. The Hall–Kier alpha value is -1.84. The molecule has 0 saturated carbocycles. The van der Waals surface area contributed by atoms with E-state index < -0.39 is 0 Å². The van der Waals surface area contributed by atoms with Crippen molar-refractivity contribution < 1.29 is 9.13 Å². The van der Waals surface area contributed by atoms with Crippen LogP contribution >= 0.6 is 0 Å². The predicted octanol–water partition coefficient (Wildman–Crippen LogP) is 1.91. The van der Waals surface area contributed by atoms with Gasteiger partial charge in [-0.15, -0.1) is 0 Å². The lowest BCUT2D eigenvalue weighted by molar-refractivity contribution is 0.451. The molecule has 0 bridgehead atoms. The summed E-state index contributed by atoms with van der Waals surface area (Å²) in [6, 6.07) is 5.61. The Morgan fingerprint density at radius 2 is 2.07 bits per heavy atom. The molecule has 1 rings (SSSR count). The zero-order valence-corrected chi connectivity index (χ0v) is 7.75. The van der Waals surface area contributed by atoms with Crippen molar-refractivity contribution in [1.29, 1.82) is 5.41 Å². The number of benzene rings is 1. The largest absolute Gasteiger partial charge is 0.454 e. The minimum Gasteiger partial charge on any atom is -0.454 e. The van der Waals surface area contributed by atoms with Crippen molar-refractivity contribution in [1.82, 2.24) is 5.32 Å². The SMILES string of the molecule is CN/C=C(\C=N)Oc1ccc(F)cc1. The summed E-state index contributed by atoms with van der Waals surface area (Å²) in [5.41, 5.74) is 0. The van der Waals surface area contributed by atoms with E-state index in [1.165, 1.54) is 30.5 Å². The Balaban J connectivity index is 2.72. The van der Waals surface area contributed by atoms with E-state index >= 15 is 0 Å². The highest BCUT2D eigenvalue weighted by Crippen LogP contribution is 2.13. The van der Waals surface area contributed by atoms with Crippen molar-refractivity contribution in [2.75, 3.05) is 7.05 Å². The zero-order chi connectivity index (χ0) is 10.4. The molecule has 0 spiro atoms. The van der Waals surface area contributed by atoms with E-state index in [0.29, 0.717) is 11.5 Å². The van der Waals surface area contributed by atoms with Crippen molar-refractivity contribution in [3.05, 3.63) is 42.0 Å². The molecule has 0 fully saturated rings. The second kappa shape index (κ2) is 5.01. The molecule has 1 aromatic rings. The van der Waals surface area contributed by atoms with Crippen LogP contribution in [0, 0.1) is 11.2 Å². The maximum absolute atomic E-state index is 12.5. The van der Waals surface area contributed by atoms with Crippen LogP contribution in [0.1, 0.15) is 0 Å². The quantitative estimate of drug-likeness (QED) is 0.568. The lowest BCUT2D eigenvalue weighted by Gasteiger charge is -2.04. The topological polar surface area (TPSA) is 45.1 Å². The third kappa shape index (κ3) is 2.90. The molecular formula is C10H11FN2O. The van der Waals surface area contributed by atoms with Gasteiger partial charge in [-0.25, -0.2) is 4.39 Å². The second-order valence-electron chi connectivity index (χ2n) is 2.54. The highest BCUT2D eigenvalue weighted by molar-refractivity contribution is 5.73. The van der Waals surface area contributed by atoms with Crippen LogP contribution in [-0.4, -0.2) is 13.3 Å².